The number of carbonyl (C=O) groups excluding carboxylic acids is 1. The molecule has 0 aromatic carbocycles. The maximum absolute atomic E-state index is 14.6. The van der Waals surface area contributed by atoms with Crippen LogP contribution in [0, 0.1) is 6.92 Å². The van der Waals surface area contributed by atoms with E-state index >= 15 is 0 Å². The monoisotopic (exact) mass is 511 g/mol. The second-order valence-corrected chi connectivity index (χ2v) is 9.57. The molecule has 194 valence electrons. The van der Waals surface area contributed by atoms with E-state index in [-0.39, 0.29) is 29.5 Å². The van der Waals surface area contributed by atoms with E-state index in [1.54, 1.807) is 13.0 Å². The first-order valence-electron chi connectivity index (χ1n) is 11.5. The number of aryl methyl sites for hydroxylation is 1. The van der Waals surface area contributed by atoms with Gasteiger partial charge in [-0.1, -0.05) is 0 Å². The van der Waals surface area contributed by atoms with Crippen LogP contribution in [-0.4, -0.2) is 54.8 Å². The molecule has 2 aliphatic carbocycles. The van der Waals surface area contributed by atoms with Crippen LogP contribution in [0.15, 0.2) is 18.5 Å². The van der Waals surface area contributed by atoms with E-state index in [0.29, 0.717) is 29.1 Å². The van der Waals surface area contributed by atoms with Crippen molar-refractivity contribution in [2.45, 2.75) is 76.2 Å². The number of halogens is 4. The van der Waals surface area contributed by atoms with E-state index in [9.17, 15) is 22.4 Å². The minimum Gasteiger partial charge on any atom is -0.443 e. The summed E-state index contributed by atoms with van der Waals surface area (Å²) in [4.78, 5) is 20.6. The first-order chi connectivity index (χ1) is 17.0. The second-order valence-electron chi connectivity index (χ2n) is 9.57. The number of fused-ring (bicyclic) bond motifs is 1. The number of alkyl halides is 4. The summed E-state index contributed by atoms with van der Waals surface area (Å²) in [5, 5.41) is 12.9. The van der Waals surface area contributed by atoms with Gasteiger partial charge in [0.25, 0.3) is 0 Å². The highest BCUT2D eigenvalue weighted by atomic mass is 19.4. The third kappa shape index (κ3) is 5.37. The van der Waals surface area contributed by atoms with E-state index in [4.69, 9.17) is 4.74 Å². The van der Waals surface area contributed by atoms with Gasteiger partial charge in [-0.25, -0.2) is 19.2 Å². The SMILES string of the molecule is Cc1cnc(Nc2cc([C@H]3C[C@@H](F)[C@@H](OC(=O)NC4(C)CC4)C3)[nH]n2)n2cc(COC(F)(F)F)nc12. The lowest BCUT2D eigenvalue weighted by Crippen LogP contribution is -2.38. The van der Waals surface area contributed by atoms with Crippen molar-refractivity contribution >= 4 is 23.5 Å². The van der Waals surface area contributed by atoms with Crippen LogP contribution in [0.5, 0.6) is 0 Å². The van der Waals surface area contributed by atoms with Crippen molar-refractivity contribution in [1.82, 2.24) is 29.9 Å². The summed E-state index contributed by atoms with van der Waals surface area (Å²) in [7, 11) is 0. The Hall–Kier alpha value is -3.42. The topological polar surface area (TPSA) is 118 Å². The van der Waals surface area contributed by atoms with Gasteiger partial charge < -0.3 is 15.4 Å². The predicted molar refractivity (Wildman–Crippen MR) is 118 cm³/mol. The zero-order chi connectivity index (χ0) is 25.7. The summed E-state index contributed by atoms with van der Waals surface area (Å²) in [6.45, 7) is 2.91. The smallest absolute Gasteiger partial charge is 0.443 e. The van der Waals surface area contributed by atoms with E-state index in [1.807, 2.05) is 6.92 Å². The van der Waals surface area contributed by atoms with Crippen LogP contribution in [0.2, 0.25) is 0 Å². The predicted octanol–water partition coefficient (Wildman–Crippen LogP) is 4.40. The van der Waals surface area contributed by atoms with Gasteiger partial charge >= 0.3 is 12.5 Å². The van der Waals surface area contributed by atoms with Gasteiger partial charge in [-0.3, -0.25) is 14.2 Å². The van der Waals surface area contributed by atoms with Crippen LogP contribution in [0.25, 0.3) is 5.65 Å². The summed E-state index contributed by atoms with van der Waals surface area (Å²) in [5.74, 6) is 0.423. The third-order valence-corrected chi connectivity index (χ3v) is 6.47. The molecule has 2 fully saturated rings. The number of H-pyrrole nitrogens is 1. The highest BCUT2D eigenvalue weighted by Crippen LogP contribution is 2.39. The van der Waals surface area contributed by atoms with Gasteiger partial charge in [-0.05, 0) is 39.5 Å². The number of nitrogens with zero attached hydrogens (tertiary/aromatic N) is 4. The molecule has 0 bridgehead atoms. The molecule has 10 nitrogen and oxygen atoms in total. The van der Waals surface area contributed by atoms with Gasteiger partial charge in [0.1, 0.15) is 17.9 Å². The molecule has 5 rings (SSSR count). The normalized spacial score (nSPS) is 23.1. The number of nitrogens with one attached hydrogen (secondary N) is 3. The molecule has 0 aliphatic heterocycles. The quantitative estimate of drug-likeness (QED) is 0.402. The number of imidazole rings is 1. The van der Waals surface area contributed by atoms with Crippen LogP contribution < -0.4 is 10.6 Å². The summed E-state index contributed by atoms with van der Waals surface area (Å²) in [6, 6.07) is 1.70. The number of alkyl carbamates (subject to hydrolysis) is 1. The fourth-order valence-corrected chi connectivity index (χ4v) is 4.24. The van der Waals surface area contributed by atoms with E-state index in [2.05, 4.69) is 35.5 Å². The van der Waals surface area contributed by atoms with E-state index < -0.39 is 31.3 Å². The maximum Gasteiger partial charge on any atom is 0.522 e. The Kier molecular flexibility index (Phi) is 6.01. The average Bonchev–Trinajstić information content (AvgIpc) is 3.17. The summed E-state index contributed by atoms with van der Waals surface area (Å²) in [5.41, 5.74) is 1.57. The fourth-order valence-electron chi connectivity index (χ4n) is 4.24. The van der Waals surface area contributed by atoms with E-state index in [1.165, 1.54) is 16.8 Å². The number of hydrogen-bond donors (Lipinski definition) is 3. The lowest BCUT2D eigenvalue weighted by atomic mass is 10.0. The van der Waals surface area contributed by atoms with Crippen molar-refractivity contribution in [2.24, 2.45) is 0 Å². The van der Waals surface area contributed by atoms with Gasteiger partial charge in [0.2, 0.25) is 5.95 Å². The highest BCUT2D eigenvalue weighted by molar-refractivity contribution is 5.69. The molecule has 36 heavy (non-hydrogen) atoms. The number of hydrogen-bond acceptors (Lipinski definition) is 7. The Morgan fingerprint density at radius 3 is 2.83 bits per heavy atom. The lowest BCUT2D eigenvalue weighted by Gasteiger charge is -2.17. The van der Waals surface area contributed by atoms with Gasteiger partial charge in [0, 0.05) is 41.2 Å². The first-order valence-corrected chi connectivity index (χ1v) is 11.5. The standard InChI is InChI=1S/C22H25F4N7O3/c1-11-8-27-19(33-9-13(28-18(11)33)10-35-22(24,25)26)29-17-7-15(31-32-17)12-5-14(23)16(6-12)36-20(34)30-21(2)3-4-21/h7-9,12,14,16H,3-6,10H2,1-2H3,(H,30,34)(H2,27,29,31,32)/t12-,14+,16-/m0/s1. The minimum atomic E-state index is -4.77. The number of rotatable bonds is 7. The minimum absolute atomic E-state index is 0.0832. The van der Waals surface area contributed by atoms with E-state index in [0.717, 1.165) is 12.8 Å². The Labute approximate surface area is 202 Å². The molecule has 3 atom stereocenters. The van der Waals surface area contributed by atoms with Crippen LogP contribution in [0.3, 0.4) is 0 Å². The molecule has 2 saturated carbocycles. The lowest BCUT2D eigenvalue weighted by molar-refractivity contribution is -0.330. The maximum atomic E-state index is 14.6. The zero-order valence-electron chi connectivity index (χ0n) is 19.5. The van der Waals surface area contributed by atoms with Crippen molar-refractivity contribution in [3.63, 3.8) is 0 Å². The summed E-state index contributed by atoms with van der Waals surface area (Å²) >= 11 is 0. The second kappa shape index (κ2) is 8.91. The summed E-state index contributed by atoms with van der Waals surface area (Å²) in [6.07, 6.45) is -2.35. The molecule has 0 saturated heterocycles. The third-order valence-electron chi connectivity index (χ3n) is 6.47. The molecule has 0 spiro atoms. The van der Waals surface area contributed by atoms with Gasteiger partial charge in [0.15, 0.2) is 5.82 Å². The van der Waals surface area contributed by atoms with Crippen molar-refractivity contribution in [1.29, 1.82) is 0 Å². The Morgan fingerprint density at radius 2 is 2.11 bits per heavy atom. The van der Waals surface area contributed by atoms with Crippen LogP contribution >= 0.6 is 0 Å². The van der Waals surface area contributed by atoms with Crippen molar-refractivity contribution in [3.8, 4) is 0 Å². The molecule has 3 aromatic heterocycles. The number of ether oxygens (including phenoxy) is 2. The average molecular weight is 511 g/mol. The number of carbonyl (C=O) groups is 1. The molecule has 0 radical (unpaired) electrons. The number of anilines is 2. The first kappa shape index (κ1) is 24.3. The molecule has 1 amide bonds. The summed E-state index contributed by atoms with van der Waals surface area (Å²) < 4.78 is 62.5. The molecule has 0 unspecified atom stereocenters. The Balaban J connectivity index is 1.25. The molecular formula is C22H25F4N7O3. The zero-order valence-corrected chi connectivity index (χ0v) is 19.5. The van der Waals surface area contributed by atoms with Crippen LogP contribution in [0.4, 0.5) is 34.1 Å². The Morgan fingerprint density at radius 1 is 1.33 bits per heavy atom. The fraction of sp³-hybridized carbons (Fsp3) is 0.545. The van der Waals surface area contributed by atoms with Crippen molar-refractivity contribution in [3.05, 3.63) is 35.4 Å². The number of aromatic amines is 1. The molecule has 3 N–H and O–H groups in total. The number of aromatic nitrogens is 5. The molecule has 2 aliphatic rings. The molecule has 3 aromatic rings. The molecule has 14 heteroatoms. The largest absolute Gasteiger partial charge is 0.522 e. The Bertz CT molecular complexity index is 1270. The van der Waals surface area contributed by atoms with Crippen LogP contribution in [-0.2, 0) is 16.1 Å². The van der Waals surface area contributed by atoms with Gasteiger partial charge in [-0.2, -0.15) is 5.10 Å². The van der Waals surface area contributed by atoms with Crippen LogP contribution in [0.1, 0.15) is 55.5 Å². The van der Waals surface area contributed by atoms with Crippen molar-refractivity contribution in [2.75, 3.05) is 5.32 Å². The highest BCUT2D eigenvalue weighted by Gasteiger charge is 2.42. The number of amides is 1. The molecule has 3 heterocycles. The molecular weight excluding hydrogens is 486 g/mol. The van der Waals surface area contributed by atoms with Gasteiger partial charge in [-0.15, -0.1) is 13.2 Å². The van der Waals surface area contributed by atoms with Crippen molar-refractivity contribution < 1.29 is 31.8 Å². The van der Waals surface area contributed by atoms with Gasteiger partial charge in [0.05, 0.1) is 12.3 Å².